The van der Waals surface area contributed by atoms with Crippen molar-refractivity contribution in [2.75, 3.05) is 0 Å². The Labute approximate surface area is 112 Å². The molecule has 0 spiro atoms. The molecular weight excluding hydrogens is 246 g/mol. The number of hydrogen-bond donors (Lipinski definition) is 2. The predicted octanol–water partition coefficient (Wildman–Crippen LogP) is 1.73. The van der Waals surface area contributed by atoms with E-state index < -0.39 is 17.5 Å². The van der Waals surface area contributed by atoms with Gasteiger partial charge in [0.2, 0.25) is 0 Å². The summed E-state index contributed by atoms with van der Waals surface area (Å²) in [5.74, 6) is -1.52. The maximum absolute atomic E-state index is 12.1. The fourth-order valence-corrected chi connectivity index (χ4v) is 1.59. The lowest BCUT2D eigenvalue weighted by Gasteiger charge is -2.20. The Hall–Kier alpha value is -1.88. The van der Waals surface area contributed by atoms with Gasteiger partial charge in [-0.05, 0) is 38.0 Å². The van der Waals surface area contributed by atoms with Gasteiger partial charge in [0, 0.05) is 6.54 Å². The lowest BCUT2D eigenvalue weighted by atomic mass is 10.0. The normalized spacial score (nSPS) is 11.2. The molecule has 1 aromatic rings. The second-order valence-electron chi connectivity index (χ2n) is 5.27. The van der Waals surface area contributed by atoms with Crippen LogP contribution in [0.15, 0.2) is 18.2 Å². The van der Waals surface area contributed by atoms with Crippen molar-refractivity contribution in [3.63, 3.8) is 0 Å². The van der Waals surface area contributed by atoms with Crippen LogP contribution in [0.2, 0.25) is 0 Å². The van der Waals surface area contributed by atoms with E-state index in [1.54, 1.807) is 39.0 Å². The molecule has 0 atom stereocenters. The van der Waals surface area contributed by atoms with Crippen LogP contribution in [-0.4, -0.2) is 22.6 Å². The first-order valence-corrected chi connectivity index (χ1v) is 6.00. The molecule has 0 aliphatic rings. The topological polar surface area (TPSA) is 89.6 Å². The monoisotopic (exact) mass is 265 g/mol. The molecule has 0 bridgehead atoms. The SMILES string of the molecule is CC(C)(C)OC(=O)c1cc(CN)ccc1CC(=O)O. The van der Waals surface area contributed by atoms with Crippen molar-refractivity contribution in [1.82, 2.24) is 0 Å². The van der Waals surface area contributed by atoms with Gasteiger partial charge in [-0.3, -0.25) is 4.79 Å². The van der Waals surface area contributed by atoms with Crippen LogP contribution in [0.3, 0.4) is 0 Å². The summed E-state index contributed by atoms with van der Waals surface area (Å²) in [5.41, 5.74) is 6.35. The van der Waals surface area contributed by atoms with Gasteiger partial charge in [0.1, 0.15) is 5.60 Å². The van der Waals surface area contributed by atoms with Crippen LogP contribution in [0.5, 0.6) is 0 Å². The molecule has 5 nitrogen and oxygen atoms in total. The molecule has 1 rings (SSSR count). The lowest BCUT2D eigenvalue weighted by molar-refractivity contribution is -0.136. The number of ether oxygens (including phenoxy) is 1. The van der Waals surface area contributed by atoms with Crippen LogP contribution < -0.4 is 5.73 Å². The molecule has 0 saturated heterocycles. The van der Waals surface area contributed by atoms with E-state index in [0.717, 1.165) is 5.56 Å². The smallest absolute Gasteiger partial charge is 0.338 e. The minimum atomic E-state index is -0.995. The fourth-order valence-electron chi connectivity index (χ4n) is 1.59. The third-order valence-electron chi connectivity index (χ3n) is 2.37. The van der Waals surface area contributed by atoms with E-state index in [4.69, 9.17) is 15.6 Å². The highest BCUT2D eigenvalue weighted by molar-refractivity contribution is 5.93. The lowest BCUT2D eigenvalue weighted by Crippen LogP contribution is -2.25. The van der Waals surface area contributed by atoms with Crippen molar-refractivity contribution >= 4 is 11.9 Å². The van der Waals surface area contributed by atoms with Crippen LogP contribution in [0.4, 0.5) is 0 Å². The number of hydrogen-bond acceptors (Lipinski definition) is 4. The van der Waals surface area contributed by atoms with E-state index in [1.165, 1.54) is 0 Å². The van der Waals surface area contributed by atoms with Crippen molar-refractivity contribution < 1.29 is 19.4 Å². The van der Waals surface area contributed by atoms with Gasteiger partial charge in [0.15, 0.2) is 0 Å². The summed E-state index contributed by atoms with van der Waals surface area (Å²) in [5, 5.41) is 8.86. The molecule has 3 N–H and O–H groups in total. The Morgan fingerprint density at radius 2 is 1.95 bits per heavy atom. The van der Waals surface area contributed by atoms with Crippen molar-refractivity contribution in [2.45, 2.75) is 39.3 Å². The van der Waals surface area contributed by atoms with Crippen molar-refractivity contribution in [3.8, 4) is 0 Å². The maximum Gasteiger partial charge on any atom is 0.338 e. The van der Waals surface area contributed by atoms with Crippen molar-refractivity contribution in [1.29, 1.82) is 0 Å². The van der Waals surface area contributed by atoms with E-state index in [-0.39, 0.29) is 18.5 Å². The minimum Gasteiger partial charge on any atom is -0.481 e. The first kappa shape index (κ1) is 15.2. The molecule has 0 fully saturated rings. The number of carbonyl (C=O) groups excluding carboxylic acids is 1. The number of carbonyl (C=O) groups is 2. The van der Waals surface area contributed by atoms with Crippen LogP contribution in [0.25, 0.3) is 0 Å². The van der Waals surface area contributed by atoms with Gasteiger partial charge in [-0.15, -0.1) is 0 Å². The van der Waals surface area contributed by atoms with Gasteiger partial charge in [-0.1, -0.05) is 12.1 Å². The van der Waals surface area contributed by atoms with Crippen LogP contribution in [0, 0.1) is 0 Å². The number of aliphatic carboxylic acids is 1. The summed E-state index contributed by atoms with van der Waals surface area (Å²) in [6.07, 6.45) is -0.223. The van der Waals surface area contributed by atoms with Gasteiger partial charge in [0.05, 0.1) is 12.0 Å². The molecule has 0 unspecified atom stereocenters. The second kappa shape index (κ2) is 5.84. The number of esters is 1. The Kier molecular flexibility index (Phi) is 4.67. The molecular formula is C14H19NO4. The number of rotatable bonds is 4. The van der Waals surface area contributed by atoms with Gasteiger partial charge < -0.3 is 15.6 Å². The molecule has 0 aromatic heterocycles. The number of benzene rings is 1. The first-order chi connectivity index (χ1) is 8.73. The fraction of sp³-hybridized carbons (Fsp3) is 0.429. The molecule has 0 amide bonds. The zero-order valence-corrected chi connectivity index (χ0v) is 11.4. The van der Waals surface area contributed by atoms with Crippen LogP contribution in [-0.2, 0) is 22.5 Å². The van der Waals surface area contributed by atoms with Crippen molar-refractivity contribution in [3.05, 3.63) is 34.9 Å². The standard InChI is InChI=1S/C14H19NO4/c1-14(2,3)19-13(18)11-6-9(8-15)4-5-10(11)7-12(16)17/h4-6H,7-8,15H2,1-3H3,(H,16,17). The summed E-state index contributed by atoms with van der Waals surface area (Å²) in [6, 6.07) is 4.91. The average molecular weight is 265 g/mol. The minimum absolute atomic E-state index is 0.223. The number of nitrogens with two attached hydrogens (primary N) is 1. The van der Waals surface area contributed by atoms with Crippen LogP contribution >= 0.6 is 0 Å². The molecule has 19 heavy (non-hydrogen) atoms. The summed E-state index contributed by atoms with van der Waals surface area (Å²) in [7, 11) is 0. The summed E-state index contributed by atoms with van der Waals surface area (Å²) >= 11 is 0. The van der Waals surface area contributed by atoms with Crippen LogP contribution in [0.1, 0.15) is 42.3 Å². The highest BCUT2D eigenvalue weighted by Crippen LogP contribution is 2.18. The predicted molar refractivity (Wildman–Crippen MR) is 70.8 cm³/mol. The molecule has 0 saturated carbocycles. The summed E-state index contributed by atoms with van der Waals surface area (Å²) in [4.78, 5) is 22.9. The molecule has 104 valence electrons. The molecule has 1 aromatic carbocycles. The molecule has 0 aliphatic carbocycles. The number of carboxylic acids is 1. The number of carboxylic acid groups (broad SMARTS) is 1. The quantitative estimate of drug-likeness (QED) is 0.809. The largest absolute Gasteiger partial charge is 0.481 e. The van der Waals surface area contributed by atoms with Gasteiger partial charge >= 0.3 is 11.9 Å². The van der Waals surface area contributed by atoms with Gasteiger partial charge in [-0.2, -0.15) is 0 Å². The van der Waals surface area contributed by atoms with E-state index >= 15 is 0 Å². The molecule has 0 heterocycles. The maximum atomic E-state index is 12.1. The summed E-state index contributed by atoms with van der Waals surface area (Å²) in [6.45, 7) is 5.56. The third-order valence-corrected chi connectivity index (χ3v) is 2.37. The molecule has 0 aliphatic heterocycles. The second-order valence-corrected chi connectivity index (χ2v) is 5.27. The average Bonchev–Trinajstić information content (AvgIpc) is 2.26. The third kappa shape index (κ3) is 4.71. The first-order valence-electron chi connectivity index (χ1n) is 6.00. The Morgan fingerprint density at radius 3 is 2.42 bits per heavy atom. The van der Waals surface area contributed by atoms with Gasteiger partial charge in [0.25, 0.3) is 0 Å². The zero-order chi connectivity index (χ0) is 14.6. The Balaban J connectivity index is 3.13. The van der Waals surface area contributed by atoms with E-state index in [0.29, 0.717) is 5.56 Å². The van der Waals surface area contributed by atoms with E-state index in [1.807, 2.05) is 0 Å². The van der Waals surface area contributed by atoms with E-state index in [2.05, 4.69) is 0 Å². The highest BCUT2D eigenvalue weighted by Gasteiger charge is 2.21. The van der Waals surface area contributed by atoms with Gasteiger partial charge in [-0.25, -0.2) is 4.79 Å². The highest BCUT2D eigenvalue weighted by atomic mass is 16.6. The Morgan fingerprint density at radius 1 is 1.32 bits per heavy atom. The molecule has 5 heteroatoms. The van der Waals surface area contributed by atoms with Crippen molar-refractivity contribution in [2.24, 2.45) is 5.73 Å². The summed E-state index contributed by atoms with van der Waals surface area (Å²) < 4.78 is 5.27. The zero-order valence-electron chi connectivity index (χ0n) is 11.4. The Bertz CT molecular complexity index is 489. The van der Waals surface area contributed by atoms with E-state index in [9.17, 15) is 9.59 Å². The molecule has 0 radical (unpaired) electrons.